The summed E-state index contributed by atoms with van der Waals surface area (Å²) in [7, 11) is 0. The number of aromatic amines is 1. The molecule has 0 spiro atoms. The number of rotatable bonds is 3. The maximum atomic E-state index is 12.3. The Morgan fingerprint density at radius 1 is 1.29 bits per heavy atom. The Morgan fingerprint density at radius 2 is 2.21 bits per heavy atom. The van der Waals surface area contributed by atoms with E-state index in [4.69, 9.17) is 4.42 Å². The normalized spacial score (nSPS) is 14.5. The standard InChI is InChI=1S/C18H16BrN3O2/c19-13-4-1-3-12(9-13)10-22-7-6-14-15(11-22)20-17(21-18(14)23)16-5-2-8-24-16/h1-5,8-9H,6-7,10-11H2,(H,20,21,23). The van der Waals surface area contributed by atoms with Crippen LogP contribution in [-0.4, -0.2) is 21.4 Å². The van der Waals surface area contributed by atoms with Crippen LogP contribution in [0.5, 0.6) is 0 Å². The molecule has 24 heavy (non-hydrogen) atoms. The van der Waals surface area contributed by atoms with E-state index in [9.17, 15) is 4.79 Å². The van der Waals surface area contributed by atoms with Gasteiger partial charge in [0.15, 0.2) is 11.6 Å². The molecule has 122 valence electrons. The molecule has 2 aromatic heterocycles. The second kappa shape index (κ2) is 6.37. The van der Waals surface area contributed by atoms with E-state index in [1.54, 1.807) is 18.4 Å². The van der Waals surface area contributed by atoms with Crippen molar-refractivity contribution in [2.75, 3.05) is 6.54 Å². The lowest BCUT2D eigenvalue weighted by molar-refractivity contribution is 0.240. The lowest BCUT2D eigenvalue weighted by Gasteiger charge is -2.27. The van der Waals surface area contributed by atoms with Gasteiger partial charge in [0.25, 0.3) is 5.56 Å². The fourth-order valence-corrected chi connectivity index (χ4v) is 3.50. The van der Waals surface area contributed by atoms with Crippen LogP contribution >= 0.6 is 15.9 Å². The van der Waals surface area contributed by atoms with E-state index in [0.717, 1.165) is 28.8 Å². The maximum absolute atomic E-state index is 12.3. The van der Waals surface area contributed by atoms with Crippen LogP contribution in [0.25, 0.3) is 11.6 Å². The van der Waals surface area contributed by atoms with Gasteiger partial charge in [-0.15, -0.1) is 0 Å². The molecule has 0 unspecified atom stereocenters. The number of fused-ring (bicyclic) bond motifs is 1. The number of H-pyrrole nitrogens is 1. The molecule has 5 nitrogen and oxygen atoms in total. The predicted molar refractivity (Wildman–Crippen MR) is 94.5 cm³/mol. The number of nitrogens with one attached hydrogen (secondary N) is 1. The molecule has 4 rings (SSSR count). The zero-order valence-corrected chi connectivity index (χ0v) is 14.5. The highest BCUT2D eigenvalue weighted by molar-refractivity contribution is 9.10. The van der Waals surface area contributed by atoms with Crippen LogP contribution in [0, 0.1) is 0 Å². The highest BCUT2D eigenvalue weighted by Crippen LogP contribution is 2.21. The van der Waals surface area contributed by atoms with Gasteiger partial charge in [0, 0.05) is 29.7 Å². The van der Waals surface area contributed by atoms with E-state index >= 15 is 0 Å². The van der Waals surface area contributed by atoms with Crippen LogP contribution in [0.15, 0.2) is 56.3 Å². The second-order valence-corrected chi connectivity index (χ2v) is 6.82. The number of hydrogen-bond donors (Lipinski definition) is 1. The van der Waals surface area contributed by atoms with Gasteiger partial charge in [0.05, 0.1) is 12.0 Å². The first-order valence-electron chi connectivity index (χ1n) is 7.82. The summed E-state index contributed by atoms with van der Waals surface area (Å²) < 4.78 is 6.43. The van der Waals surface area contributed by atoms with Crippen molar-refractivity contribution in [1.29, 1.82) is 0 Å². The summed E-state index contributed by atoms with van der Waals surface area (Å²) in [4.78, 5) is 22.1. The van der Waals surface area contributed by atoms with Crippen molar-refractivity contribution >= 4 is 15.9 Å². The Kier molecular flexibility index (Phi) is 4.08. The van der Waals surface area contributed by atoms with E-state index < -0.39 is 0 Å². The molecule has 0 fully saturated rings. The van der Waals surface area contributed by atoms with Crippen molar-refractivity contribution in [2.24, 2.45) is 0 Å². The molecule has 0 atom stereocenters. The van der Waals surface area contributed by atoms with Gasteiger partial charge < -0.3 is 9.40 Å². The van der Waals surface area contributed by atoms with Gasteiger partial charge in [-0.1, -0.05) is 28.1 Å². The first-order chi connectivity index (χ1) is 11.7. The van der Waals surface area contributed by atoms with Crippen molar-refractivity contribution in [3.05, 3.63) is 74.3 Å². The fourth-order valence-electron chi connectivity index (χ4n) is 3.05. The van der Waals surface area contributed by atoms with Crippen molar-refractivity contribution in [3.63, 3.8) is 0 Å². The van der Waals surface area contributed by atoms with Gasteiger partial charge in [-0.2, -0.15) is 0 Å². The SMILES string of the molecule is O=c1[nH]c(-c2ccco2)nc2c1CCN(Cc1cccc(Br)c1)C2. The molecule has 0 saturated heterocycles. The minimum atomic E-state index is -0.0616. The van der Waals surface area contributed by atoms with Crippen molar-refractivity contribution in [1.82, 2.24) is 14.9 Å². The number of halogens is 1. The summed E-state index contributed by atoms with van der Waals surface area (Å²) in [5.41, 5.74) is 2.81. The smallest absolute Gasteiger partial charge is 0.254 e. The number of benzene rings is 1. The molecule has 1 aliphatic heterocycles. The molecule has 0 saturated carbocycles. The highest BCUT2D eigenvalue weighted by atomic mass is 79.9. The zero-order valence-electron chi connectivity index (χ0n) is 13.0. The highest BCUT2D eigenvalue weighted by Gasteiger charge is 2.22. The van der Waals surface area contributed by atoms with Gasteiger partial charge in [-0.05, 0) is 36.2 Å². The van der Waals surface area contributed by atoms with Crippen LogP contribution in [0.4, 0.5) is 0 Å². The molecule has 1 N–H and O–H groups in total. The minimum Gasteiger partial charge on any atom is -0.461 e. The van der Waals surface area contributed by atoms with E-state index in [-0.39, 0.29) is 5.56 Å². The fraction of sp³-hybridized carbons (Fsp3) is 0.222. The van der Waals surface area contributed by atoms with Crippen LogP contribution in [0.3, 0.4) is 0 Å². The molecule has 3 heterocycles. The summed E-state index contributed by atoms with van der Waals surface area (Å²) in [6.07, 6.45) is 2.29. The van der Waals surface area contributed by atoms with E-state index in [1.807, 2.05) is 12.1 Å². The summed E-state index contributed by atoms with van der Waals surface area (Å²) >= 11 is 3.51. The summed E-state index contributed by atoms with van der Waals surface area (Å²) in [6.45, 7) is 2.35. The molecular formula is C18H16BrN3O2. The molecule has 0 radical (unpaired) electrons. The maximum Gasteiger partial charge on any atom is 0.254 e. The topological polar surface area (TPSA) is 62.1 Å². The van der Waals surface area contributed by atoms with E-state index in [2.05, 4.69) is 42.9 Å². The lowest BCUT2D eigenvalue weighted by atomic mass is 10.1. The lowest BCUT2D eigenvalue weighted by Crippen LogP contribution is -2.35. The number of furan rings is 1. The Balaban J connectivity index is 1.61. The molecular weight excluding hydrogens is 370 g/mol. The van der Waals surface area contributed by atoms with Gasteiger partial charge in [-0.25, -0.2) is 4.98 Å². The minimum absolute atomic E-state index is 0.0616. The first kappa shape index (κ1) is 15.4. The van der Waals surface area contributed by atoms with Crippen LogP contribution < -0.4 is 5.56 Å². The predicted octanol–water partition coefficient (Wildman–Crippen LogP) is 3.35. The van der Waals surface area contributed by atoms with Gasteiger partial charge in [-0.3, -0.25) is 9.69 Å². The quantitative estimate of drug-likeness (QED) is 0.750. The van der Waals surface area contributed by atoms with Gasteiger partial charge in [0.2, 0.25) is 0 Å². The van der Waals surface area contributed by atoms with E-state index in [1.165, 1.54) is 5.56 Å². The Labute approximate surface area is 147 Å². The second-order valence-electron chi connectivity index (χ2n) is 5.91. The Hall–Kier alpha value is -2.18. The monoisotopic (exact) mass is 385 g/mol. The Morgan fingerprint density at radius 3 is 3.00 bits per heavy atom. The third kappa shape index (κ3) is 3.07. The Bertz CT molecular complexity index is 918. The molecule has 0 bridgehead atoms. The number of hydrogen-bond acceptors (Lipinski definition) is 4. The van der Waals surface area contributed by atoms with Crippen LogP contribution in [-0.2, 0) is 19.5 Å². The summed E-state index contributed by atoms with van der Waals surface area (Å²) in [6, 6.07) is 11.9. The van der Waals surface area contributed by atoms with Crippen molar-refractivity contribution in [3.8, 4) is 11.6 Å². The average Bonchev–Trinajstić information content (AvgIpc) is 3.09. The van der Waals surface area contributed by atoms with Gasteiger partial charge in [0.1, 0.15) is 0 Å². The zero-order chi connectivity index (χ0) is 16.5. The van der Waals surface area contributed by atoms with Gasteiger partial charge >= 0.3 is 0 Å². The van der Waals surface area contributed by atoms with Crippen molar-refractivity contribution < 1.29 is 4.42 Å². The number of nitrogens with zero attached hydrogens (tertiary/aromatic N) is 2. The summed E-state index contributed by atoms with van der Waals surface area (Å²) in [5, 5.41) is 0. The third-order valence-corrected chi connectivity index (χ3v) is 4.70. The molecule has 1 aromatic carbocycles. The average molecular weight is 386 g/mol. The molecule has 1 aliphatic rings. The van der Waals surface area contributed by atoms with Crippen LogP contribution in [0.2, 0.25) is 0 Å². The molecule has 3 aromatic rings. The van der Waals surface area contributed by atoms with Crippen LogP contribution in [0.1, 0.15) is 16.8 Å². The molecule has 0 aliphatic carbocycles. The third-order valence-electron chi connectivity index (χ3n) is 4.20. The molecule has 6 heteroatoms. The van der Waals surface area contributed by atoms with Crippen molar-refractivity contribution in [2.45, 2.75) is 19.5 Å². The molecule has 0 amide bonds. The first-order valence-corrected chi connectivity index (χ1v) is 8.61. The largest absolute Gasteiger partial charge is 0.461 e. The summed E-state index contributed by atoms with van der Waals surface area (Å²) in [5.74, 6) is 1.08. The number of aromatic nitrogens is 2. The van der Waals surface area contributed by atoms with E-state index in [0.29, 0.717) is 24.6 Å².